The molecule has 1 aliphatic heterocycles. The van der Waals surface area contributed by atoms with Crippen molar-refractivity contribution in [3.8, 4) is 0 Å². The highest BCUT2D eigenvalue weighted by molar-refractivity contribution is 5.33. The zero-order chi connectivity index (χ0) is 16.5. The van der Waals surface area contributed by atoms with Crippen molar-refractivity contribution in [3.63, 3.8) is 0 Å². The Hall–Kier alpha value is -1.28. The average molecular weight is 326 g/mol. The van der Waals surface area contributed by atoms with E-state index in [0.717, 1.165) is 25.0 Å². The fourth-order valence-corrected chi connectivity index (χ4v) is 2.60. The first kappa shape index (κ1) is 17.1. The van der Waals surface area contributed by atoms with Crippen LogP contribution in [-0.2, 0) is 18.9 Å². The lowest BCUT2D eigenvalue weighted by Gasteiger charge is -2.31. The molecule has 22 heavy (non-hydrogen) atoms. The number of hydrogen-bond acceptors (Lipinski definition) is 2. The number of hydrogen-bond donors (Lipinski definition) is 1. The summed E-state index contributed by atoms with van der Waals surface area (Å²) in [6.07, 6.45) is -8.03. The van der Waals surface area contributed by atoms with Gasteiger partial charge < -0.3 is 5.73 Å². The highest BCUT2D eigenvalue weighted by atomic mass is 19.4. The van der Waals surface area contributed by atoms with E-state index < -0.39 is 23.5 Å². The van der Waals surface area contributed by atoms with Gasteiger partial charge in [-0.2, -0.15) is 26.3 Å². The molecule has 0 aliphatic carbocycles. The van der Waals surface area contributed by atoms with Crippen LogP contribution in [0.5, 0.6) is 0 Å². The van der Waals surface area contributed by atoms with Crippen molar-refractivity contribution < 1.29 is 26.3 Å². The molecule has 1 fully saturated rings. The molecule has 0 spiro atoms. The number of nitrogens with zero attached hydrogens (tertiary/aromatic N) is 1. The maximum atomic E-state index is 12.8. The zero-order valence-corrected chi connectivity index (χ0v) is 11.6. The summed E-state index contributed by atoms with van der Waals surface area (Å²) in [4.78, 5) is 1.78. The van der Waals surface area contributed by atoms with Crippen molar-refractivity contribution in [3.05, 3.63) is 34.9 Å². The van der Waals surface area contributed by atoms with Gasteiger partial charge in [0.05, 0.1) is 11.1 Å². The Balaban J connectivity index is 2.29. The fraction of sp³-hybridized carbons (Fsp3) is 0.571. The molecule has 124 valence electrons. The summed E-state index contributed by atoms with van der Waals surface area (Å²) < 4.78 is 76.7. The van der Waals surface area contributed by atoms with E-state index in [-0.39, 0.29) is 24.2 Å². The molecular weight excluding hydrogens is 310 g/mol. The molecule has 1 aliphatic rings. The summed E-state index contributed by atoms with van der Waals surface area (Å²) in [5.41, 5.74) is 3.21. The number of piperidine rings is 1. The first-order chi connectivity index (χ1) is 10.1. The number of likely N-dealkylation sites (tertiary alicyclic amines) is 1. The SMILES string of the molecule is NC1CCCN(Cc2cc(C(F)(F)F)cc(C(F)(F)F)c2)C1. The number of rotatable bonds is 2. The molecule has 2 rings (SSSR count). The lowest BCUT2D eigenvalue weighted by atomic mass is 10.0. The van der Waals surface area contributed by atoms with E-state index in [1.165, 1.54) is 0 Å². The van der Waals surface area contributed by atoms with Gasteiger partial charge in [-0.05, 0) is 43.1 Å². The van der Waals surface area contributed by atoms with Crippen LogP contribution < -0.4 is 5.73 Å². The topological polar surface area (TPSA) is 29.3 Å². The number of halogens is 6. The van der Waals surface area contributed by atoms with Gasteiger partial charge in [-0.25, -0.2) is 0 Å². The predicted molar refractivity (Wildman–Crippen MR) is 68.9 cm³/mol. The monoisotopic (exact) mass is 326 g/mol. The maximum absolute atomic E-state index is 12.8. The van der Waals surface area contributed by atoms with Gasteiger partial charge >= 0.3 is 12.4 Å². The molecule has 1 atom stereocenters. The zero-order valence-electron chi connectivity index (χ0n) is 11.6. The molecule has 2 nitrogen and oxygen atoms in total. The molecule has 0 bridgehead atoms. The third-order valence-electron chi connectivity index (χ3n) is 3.60. The van der Waals surface area contributed by atoms with Crippen LogP contribution in [0.4, 0.5) is 26.3 Å². The van der Waals surface area contributed by atoms with Crippen LogP contribution in [0.2, 0.25) is 0 Å². The molecule has 1 unspecified atom stereocenters. The molecule has 0 aromatic heterocycles. The summed E-state index contributed by atoms with van der Waals surface area (Å²) in [6.45, 7) is 1.11. The van der Waals surface area contributed by atoms with Gasteiger partial charge in [-0.1, -0.05) is 0 Å². The Morgan fingerprint density at radius 2 is 1.55 bits per heavy atom. The Morgan fingerprint density at radius 1 is 1.00 bits per heavy atom. The van der Waals surface area contributed by atoms with Crippen LogP contribution >= 0.6 is 0 Å². The van der Waals surface area contributed by atoms with Crippen LogP contribution in [0.15, 0.2) is 18.2 Å². The van der Waals surface area contributed by atoms with Crippen LogP contribution in [0.25, 0.3) is 0 Å². The van der Waals surface area contributed by atoms with Crippen molar-refractivity contribution >= 4 is 0 Å². The molecule has 0 radical (unpaired) electrons. The molecule has 1 heterocycles. The predicted octanol–water partition coefficient (Wildman–Crippen LogP) is 3.65. The first-order valence-corrected chi connectivity index (χ1v) is 6.82. The summed E-state index contributed by atoms with van der Waals surface area (Å²) >= 11 is 0. The number of nitrogens with two attached hydrogens (primary N) is 1. The Bertz CT molecular complexity index is 491. The Labute approximate surface area is 123 Å². The van der Waals surface area contributed by atoms with E-state index in [1.54, 1.807) is 4.90 Å². The van der Waals surface area contributed by atoms with E-state index in [9.17, 15) is 26.3 Å². The van der Waals surface area contributed by atoms with Crippen LogP contribution in [0.3, 0.4) is 0 Å². The lowest BCUT2D eigenvalue weighted by Crippen LogP contribution is -2.42. The summed E-state index contributed by atoms with van der Waals surface area (Å²) in [7, 11) is 0. The summed E-state index contributed by atoms with van der Waals surface area (Å²) in [5, 5.41) is 0. The summed E-state index contributed by atoms with van der Waals surface area (Å²) in [5.74, 6) is 0. The minimum absolute atomic E-state index is 0.00347. The second-order valence-corrected chi connectivity index (χ2v) is 5.55. The van der Waals surface area contributed by atoms with Gasteiger partial charge in [-0.15, -0.1) is 0 Å². The van der Waals surface area contributed by atoms with Gasteiger partial charge in [0.2, 0.25) is 0 Å². The molecular formula is C14H16F6N2. The van der Waals surface area contributed by atoms with Crippen LogP contribution in [0, 0.1) is 0 Å². The molecule has 1 aromatic rings. The fourth-order valence-electron chi connectivity index (χ4n) is 2.60. The molecule has 2 N–H and O–H groups in total. The Kier molecular flexibility index (Phi) is 4.72. The van der Waals surface area contributed by atoms with Crippen molar-refractivity contribution in [2.75, 3.05) is 13.1 Å². The molecule has 1 saturated heterocycles. The quantitative estimate of drug-likeness (QED) is 0.841. The second kappa shape index (κ2) is 6.08. The number of benzene rings is 1. The van der Waals surface area contributed by atoms with E-state index in [4.69, 9.17) is 5.73 Å². The van der Waals surface area contributed by atoms with Crippen molar-refractivity contribution in [2.24, 2.45) is 5.73 Å². The largest absolute Gasteiger partial charge is 0.416 e. The molecule has 0 saturated carbocycles. The minimum Gasteiger partial charge on any atom is -0.327 e. The second-order valence-electron chi connectivity index (χ2n) is 5.55. The van der Waals surface area contributed by atoms with Crippen LogP contribution in [0.1, 0.15) is 29.5 Å². The Morgan fingerprint density at radius 3 is 2.00 bits per heavy atom. The van der Waals surface area contributed by atoms with Crippen LogP contribution in [-0.4, -0.2) is 24.0 Å². The van der Waals surface area contributed by atoms with E-state index >= 15 is 0 Å². The smallest absolute Gasteiger partial charge is 0.327 e. The lowest BCUT2D eigenvalue weighted by molar-refractivity contribution is -0.143. The van der Waals surface area contributed by atoms with Crippen molar-refractivity contribution in [1.29, 1.82) is 0 Å². The van der Waals surface area contributed by atoms with Gasteiger partial charge in [0.15, 0.2) is 0 Å². The van der Waals surface area contributed by atoms with Gasteiger partial charge in [0.1, 0.15) is 0 Å². The van der Waals surface area contributed by atoms with Crippen molar-refractivity contribution in [1.82, 2.24) is 4.90 Å². The van der Waals surface area contributed by atoms with E-state index in [0.29, 0.717) is 13.1 Å². The van der Waals surface area contributed by atoms with E-state index in [1.807, 2.05) is 0 Å². The van der Waals surface area contributed by atoms with Gasteiger partial charge in [0.25, 0.3) is 0 Å². The van der Waals surface area contributed by atoms with Gasteiger partial charge in [0, 0.05) is 19.1 Å². The van der Waals surface area contributed by atoms with Gasteiger partial charge in [-0.3, -0.25) is 4.90 Å². The highest BCUT2D eigenvalue weighted by Gasteiger charge is 2.37. The van der Waals surface area contributed by atoms with E-state index in [2.05, 4.69) is 0 Å². The average Bonchev–Trinajstić information content (AvgIpc) is 2.36. The summed E-state index contributed by atoms with van der Waals surface area (Å²) in [6, 6.07) is 1.59. The third kappa shape index (κ3) is 4.36. The normalized spacial score (nSPS) is 21.1. The maximum Gasteiger partial charge on any atom is 0.416 e. The standard InChI is InChI=1S/C14H16F6N2/c15-13(16,17)10-4-9(5-11(6-10)14(18,19)20)7-22-3-1-2-12(21)8-22/h4-6,12H,1-3,7-8,21H2. The minimum atomic E-state index is -4.81. The number of alkyl halides is 6. The third-order valence-corrected chi connectivity index (χ3v) is 3.60. The highest BCUT2D eigenvalue weighted by Crippen LogP contribution is 2.36. The molecule has 0 amide bonds. The molecule has 8 heteroatoms. The first-order valence-electron chi connectivity index (χ1n) is 6.82. The van der Waals surface area contributed by atoms with Crippen molar-refractivity contribution in [2.45, 2.75) is 37.8 Å². The molecule has 1 aromatic carbocycles.